The van der Waals surface area contributed by atoms with E-state index >= 15 is 0 Å². The molecular formula is C28H28ClF2N5O3. The van der Waals surface area contributed by atoms with Gasteiger partial charge in [-0.3, -0.25) is 9.69 Å². The van der Waals surface area contributed by atoms with Gasteiger partial charge in [-0.1, -0.05) is 23.7 Å². The Labute approximate surface area is 229 Å². The van der Waals surface area contributed by atoms with Crippen LogP contribution in [0.25, 0.3) is 16.6 Å². The third kappa shape index (κ3) is 6.01. The van der Waals surface area contributed by atoms with Crippen molar-refractivity contribution in [3.05, 3.63) is 82.3 Å². The maximum absolute atomic E-state index is 14.4. The number of rotatable bonds is 9. The van der Waals surface area contributed by atoms with E-state index in [0.29, 0.717) is 45.6 Å². The zero-order valence-electron chi connectivity index (χ0n) is 22.0. The molecule has 2 heterocycles. The molecule has 39 heavy (non-hydrogen) atoms. The molecule has 204 valence electrons. The van der Waals surface area contributed by atoms with Crippen LogP contribution in [0.15, 0.2) is 48.8 Å². The minimum Gasteiger partial charge on any atom is -0.487 e. The monoisotopic (exact) mass is 555 g/mol. The lowest BCUT2D eigenvalue weighted by Gasteiger charge is -2.31. The average Bonchev–Trinajstić information content (AvgIpc) is 3.32. The van der Waals surface area contributed by atoms with Crippen molar-refractivity contribution in [3.63, 3.8) is 0 Å². The van der Waals surface area contributed by atoms with Crippen LogP contribution in [0.4, 0.5) is 13.6 Å². The van der Waals surface area contributed by atoms with Gasteiger partial charge >= 0.3 is 6.03 Å². The highest BCUT2D eigenvalue weighted by atomic mass is 35.5. The summed E-state index contributed by atoms with van der Waals surface area (Å²) in [7, 11) is 0. The summed E-state index contributed by atoms with van der Waals surface area (Å²) >= 11 is 6.46. The van der Waals surface area contributed by atoms with Gasteiger partial charge in [0.15, 0.2) is 5.82 Å². The second kappa shape index (κ2) is 11.8. The molecule has 3 amide bonds. The maximum atomic E-state index is 14.4. The zero-order chi connectivity index (χ0) is 28.3. The molecule has 0 aliphatic heterocycles. The van der Waals surface area contributed by atoms with Crippen molar-refractivity contribution in [1.29, 1.82) is 0 Å². The number of hydrogen-bond donors (Lipinski definition) is 0. The zero-order valence-corrected chi connectivity index (χ0v) is 22.7. The topological polar surface area (TPSA) is 80.6 Å². The van der Waals surface area contributed by atoms with Gasteiger partial charge in [0.2, 0.25) is 6.41 Å². The molecule has 0 spiro atoms. The SMILES string of the molecule is CCN(C=O)C(=O)N(Cc1cc(F)cc(Cl)c1COc1cccc2c(-n3cc(F)cn3)cc(C)nc12)C(C)C. The van der Waals surface area contributed by atoms with Gasteiger partial charge in [-0.25, -0.2) is 23.2 Å². The summed E-state index contributed by atoms with van der Waals surface area (Å²) in [4.78, 5) is 31.5. The number of pyridine rings is 1. The number of aromatic nitrogens is 3. The first-order valence-corrected chi connectivity index (χ1v) is 12.7. The molecule has 2 aromatic heterocycles. The van der Waals surface area contributed by atoms with Gasteiger partial charge in [0.25, 0.3) is 0 Å². The smallest absolute Gasteiger partial charge is 0.327 e. The maximum Gasteiger partial charge on any atom is 0.327 e. The predicted octanol–water partition coefficient (Wildman–Crippen LogP) is 6.05. The summed E-state index contributed by atoms with van der Waals surface area (Å²) < 4.78 is 35.7. The number of urea groups is 1. The van der Waals surface area contributed by atoms with E-state index in [2.05, 4.69) is 10.1 Å². The number of amides is 3. The molecule has 0 N–H and O–H groups in total. The van der Waals surface area contributed by atoms with Crippen LogP contribution >= 0.6 is 11.6 Å². The second-order valence-electron chi connectivity index (χ2n) is 9.25. The number of carbonyl (C=O) groups excluding carboxylic acids is 2. The predicted molar refractivity (Wildman–Crippen MR) is 144 cm³/mol. The number of imide groups is 1. The molecule has 11 heteroatoms. The third-order valence-electron chi connectivity index (χ3n) is 6.25. The number of aryl methyl sites for hydroxylation is 1. The van der Waals surface area contributed by atoms with E-state index in [9.17, 15) is 18.4 Å². The Balaban J connectivity index is 1.69. The largest absolute Gasteiger partial charge is 0.487 e. The first-order chi connectivity index (χ1) is 18.6. The van der Waals surface area contributed by atoms with Gasteiger partial charge in [0.1, 0.15) is 23.7 Å². The van der Waals surface area contributed by atoms with Crippen LogP contribution in [0.1, 0.15) is 37.6 Å². The summed E-state index contributed by atoms with van der Waals surface area (Å²) in [5, 5.41) is 4.91. The van der Waals surface area contributed by atoms with Crippen LogP contribution in [-0.2, 0) is 17.9 Å². The summed E-state index contributed by atoms with van der Waals surface area (Å²) in [6.07, 6.45) is 2.88. The summed E-state index contributed by atoms with van der Waals surface area (Å²) in [6.45, 7) is 7.29. The van der Waals surface area contributed by atoms with Crippen LogP contribution in [-0.4, -0.2) is 49.6 Å². The number of hydrogen-bond acceptors (Lipinski definition) is 5. The van der Waals surface area contributed by atoms with Crippen molar-refractivity contribution in [1.82, 2.24) is 24.6 Å². The van der Waals surface area contributed by atoms with Gasteiger partial charge in [-0.05, 0) is 57.5 Å². The highest BCUT2D eigenvalue weighted by molar-refractivity contribution is 6.31. The molecule has 2 aromatic carbocycles. The van der Waals surface area contributed by atoms with Gasteiger partial charge in [-0.2, -0.15) is 5.10 Å². The molecule has 4 rings (SSSR count). The van der Waals surface area contributed by atoms with Crippen molar-refractivity contribution in [3.8, 4) is 11.4 Å². The molecule has 4 aromatic rings. The second-order valence-corrected chi connectivity index (χ2v) is 9.66. The van der Waals surface area contributed by atoms with Crippen molar-refractivity contribution in [2.75, 3.05) is 6.54 Å². The average molecular weight is 556 g/mol. The third-order valence-corrected chi connectivity index (χ3v) is 6.59. The van der Waals surface area contributed by atoms with E-state index in [-0.39, 0.29) is 30.8 Å². The summed E-state index contributed by atoms with van der Waals surface area (Å²) in [5.41, 5.74) is 2.78. The molecule has 0 atom stereocenters. The molecule has 0 aliphatic rings. The quantitative estimate of drug-likeness (QED) is 0.235. The summed E-state index contributed by atoms with van der Waals surface area (Å²) in [5.74, 6) is -0.588. The fourth-order valence-corrected chi connectivity index (χ4v) is 4.53. The number of ether oxygens (including phenoxy) is 1. The Hall–Kier alpha value is -4.05. The first-order valence-electron chi connectivity index (χ1n) is 12.4. The van der Waals surface area contributed by atoms with E-state index in [1.165, 1.54) is 27.9 Å². The Morgan fingerprint density at radius 3 is 2.62 bits per heavy atom. The van der Waals surface area contributed by atoms with Gasteiger partial charge < -0.3 is 9.64 Å². The summed E-state index contributed by atoms with van der Waals surface area (Å²) in [6, 6.07) is 8.87. The van der Waals surface area contributed by atoms with Crippen LogP contribution < -0.4 is 4.74 Å². The van der Waals surface area contributed by atoms with Gasteiger partial charge in [0, 0.05) is 35.8 Å². The van der Waals surface area contributed by atoms with Gasteiger partial charge in [-0.15, -0.1) is 0 Å². The molecule has 8 nitrogen and oxygen atoms in total. The van der Waals surface area contributed by atoms with E-state index in [1.54, 1.807) is 39.0 Å². The molecule has 0 aliphatic carbocycles. The van der Waals surface area contributed by atoms with Crippen LogP contribution in [0.5, 0.6) is 5.75 Å². The number of halogens is 3. The van der Waals surface area contributed by atoms with Crippen LogP contribution in [0, 0.1) is 18.6 Å². The van der Waals surface area contributed by atoms with E-state index in [0.717, 1.165) is 11.1 Å². The lowest BCUT2D eigenvalue weighted by Crippen LogP contribution is -2.45. The van der Waals surface area contributed by atoms with Crippen molar-refractivity contribution in [2.45, 2.75) is 46.9 Å². The molecule has 0 saturated carbocycles. The standard InChI is InChI=1S/C28H28ClF2N5O3/c1-5-34(16-37)28(38)35(17(2)3)13-19-10-20(30)11-24(29)23(19)15-39-26-8-6-7-22-25(9-18(4)33-27(22)26)36-14-21(31)12-32-36/h6-12,14,16-17H,5,13,15H2,1-4H3. The lowest BCUT2D eigenvalue weighted by atomic mass is 10.1. The number of nitrogens with zero attached hydrogens (tertiary/aromatic N) is 5. The Kier molecular flexibility index (Phi) is 8.44. The molecular weight excluding hydrogens is 528 g/mol. The van der Waals surface area contributed by atoms with Crippen molar-refractivity contribution < 1.29 is 23.1 Å². The molecule has 0 unspecified atom stereocenters. The van der Waals surface area contributed by atoms with Crippen LogP contribution in [0.3, 0.4) is 0 Å². The molecule has 0 radical (unpaired) electrons. The first kappa shape index (κ1) is 28.0. The number of para-hydroxylation sites is 1. The lowest BCUT2D eigenvalue weighted by molar-refractivity contribution is -0.116. The highest BCUT2D eigenvalue weighted by Crippen LogP contribution is 2.31. The molecule has 0 fully saturated rings. The molecule has 0 bridgehead atoms. The van der Waals surface area contributed by atoms with Crippen molar-refractivity contribution >= 4 is 34.9 Å². The minimum absolute atomic E-state index is 0.0128. The van der Waals surface area contributed by atoms with Crippen molar-refractivity contribution in [2.24, 2.45) is 0 Å². The van der Waals surface area contributed by atoms with Gasteiger partial charge in [0.05, 0.1) is 23.1 Å². The number of benzene rings is 2. The van der Waals surface area contributed by atoms with E-state index < -0.39 is 17.7 Å². The fourth-order valence-electron chi connectivity index (χ4n) is 4.25. The Morgan fingerprint density at radius 2 is 1.97 bits per heavy atom. The molecule has 0 saturated heterocycles. The fraction of sp³-hybridized carbons (Fsp3) is 0.286. The van der Waals surface area contributed by atoms with E-state index in [1.807, 2.05) is 13.0 Å². The Morgan fingerprint density at radius 1 is 1.21 bits per heavy atom. The Bertz CT molecular complexity index is 1520. The minimum atomic E-state index is -0.559. The van der Waals surface area contributed by atoms with E-state index in [4.69, 9.17) is 16.3 Å². The normalized spacial score (nSPS) is 11.2. The van der Waals surface area contributed by atoms with Crippen LogP contribution in [0.2, 0.25) is 5.02 Å². The number of fused-ring (bicyclic) bond motifs is 1. The number of carbonyl (C=O) groups is 2. The highest BCUT2D eigenvalue weighted by Gasteiger charge is 2.24.